The quantitative estimate of drug-likeness (QED) is 0.631. The first-order valence-corrected chi connectivity index (χ1v) is 8.93. The Balaban J connectivity index is 1.76. The van der Waals surface area contributed by atoms with Crippen molar-refractivity contribution in [2.75, 3.05) is 19.5 Å². The molecule has 26 heavy (non-hydrogen) atoms. The second-order valence-electron chi connectivity index (χ2n) is 5.38. The van der Waals surface area contributed by atoms with E-state index in [2.05, 4.69) is 15.3 Å². The number of fused-ring (bicyclic) bond motifs is 1. The van der Waals surface area contributed by atoms with Gasteiger partial charge in [0.1, 0.15) is 11.5 Å². The Labute approximate surface area is 155 Å². The first kappa shape index (κ1) is 18.1. The minimum absolute atomic E-state index is 0.167. The number of carbonyl (C=O) groups is 1. The van der Waals surface area contributed by atoms with Crippen LogP contribution in [0, 0.1) is 0 Å². The minimum Gasteiger partial charge on any atom is -0.497 e. The topological polar surface area (TPSA) is 86.5 Å². The average molecular weight is 373 g/mol. The summed E-state index contributed by atoms with van der Waals surface area (Å²) in [5, 5.41) is 2.93. The van der Waals surface area contributed by atoms with E-state index in [0.717, 1.165) is 0 Å². The van der Waals surface area contributed by atoms with Crippen LogP contribution >= 0.6 is 11.8 Å². The lowest BCUT2D eigenvalue weighted by atomic mass is 10.2. The van der Waals surface area contributed by atoms with E-state index in [1.165, 1.54) is 11.8 Å². The number of rotatable bonds is 7. The predicted molar refractivity (Wildman–Crippen MR) is 99.9 cm³/mol. The van der Waals surface area contributed by atoms with Gasteiger partial charge in [0.2, 0.25) is 5.91 Å². The molecule has 2 aromatic heterocycles. The summed E-state index contributed by atoms with van der Waals surface area (Å²) < 4.78 is 16.2. The van der Waals surface area contributed by atoms with E-state index in [-0.39, 0.29) is 11.2 Å². The third-order valence-electron chi connectivity index (χ3n) is 3.72. The molecule has 0 fully saturated rings. The maximum atomic E-state index is 12.7. The van der Waals surface area contributed by atoms with Crippen LogP contribution in [0.1, 0.15) is 13.3 Å². The number of thioether (sulfide) groups is 1. The highest BCUT2D eigenvalue weighted by molar-refractivity contribution is 8.00. The second kappa shape index (κ2) is 8.09. The van der Waals surface area contributed by atoms with Gasteiger partial charge in [0.25, 0.3) is 5.22 Å². The van der Waals surface area contributed by atoms with Gasteiger partial charge < -0.3 is 19.2 Å². The van der Waals surface area contributed by atoms with E-state index in [1.54, 1.807) is 50.7 Å². The number of anilines is 1. The molecule has 1 aromatic carbocycles. The van der Waals surface area contributed by atoms with Crippen molar-refractivity contribution < 1.29 is 18.7 Å². The van der Waals surface area contributed by atoms with Gasteiger partial charge in [-0.15, -0.1) is 0 Å². The molecule has 2 heterocycles. The fourth-order valence-electron chi connectivity index (χ4n) is 2.37. The van der Waals surface area contributed by atoms with E-state index in [0.29, 0.717) is 40.1 Å². The third-order valence-corrected chi connectivity index (χ3v) is 4.92. The molecule has 0 spiro atoms. The highest BCUT2D eigenvalue weighted by atomic mass is 32.2. The number of nitrogens with one attached hydrogen (secondary N) is 1. The molecule has 0 aliphatic heterocycles. The molecule has 0 aliphatic carbocycles. The Hall–Kier alpha value is -2.74. The SMILES string of the molecule is CC[C@@H](Sc1nc2ncccc2o1)C(=O)Nc1cc(OC)ccc1OC. The fraction of sp³-hybridized carbons (Fsp3) is 0.278. The van der Waals surface area contributed by atoms with Crippen molar-refractivity contribution in [2.45, 2.75) is 23.8 Å². The minimum atomic E-state index is -0.376. The van der Waals surface area contributed by atoms with E-state index >= 15 is 0 Å². The van der Waals surface area contributed by atoms with Crippen molar-refractivity contribution in [1.82, 2.24) is 9.97 Å². The molecule has 0 bridgehead atoms. The van der Waals surface area contributed by atoms with Crippen LogP contribution in [0.2, 0.25) is 0 Å². The number of oxazole rings is 1. The van der Waals surface area contributed by atoms with Gasteiger partial charge in [0, 0.05) is 12.3 Å². The highest BCUT2D eigenvalue weighted by Gasteiger charge is 2.22. The van der Waals surface area contributed by atoms with Crippen LogP contribution in [0.5, 0.6) is 11.5 Å². The number of carbonyl (C=O) groups excluding carboxylic acids is 1. The summed E-state index contributed by atoms with van der Waals surface area (Å²) >= 11 is 1.26. The molecule has 0 radical (unpaired) electrons. The molecule has 0 unspecified atom stereocenters. The van der Waals surface area contributed by atoms with Gasteiger partial charge in [0.05, 0.1) is 25.2 Å². The lowest BCUT2D eigenvalue weighted by molar-refractivity contribution is -0.115. The van der Waals surface area contributed by atoms with E-state index in [4.69, 9.17) is 13.9 Å². The number of aromatic nitrogens is 2. The summed E-state index contributed by atoms with van der Waals surface area (Å²) in [6.45, 7) is 1.93. The largest absolute Gasteiger partial charge is 0.497 e. The van der Waals surface area contributed by atoms with Gasteiger partial charge in [-0.2, -0.15) is 4.98 Å². The summed E-state index contributed by atoms with van der Waals surface area (Å²) in [6.07, 6.45) is 2.26. The molecular formula is C18H19N3O4S. The Kier molecular flexibility index (Phi) is 5.62. The number of pyridine rings is 1. The van der Waals surface area contributed by atoms with Crippen molar-refractivity contribution in [3.63, 3.8) is 0 Å². The van der Waals surface area contributed by atoms with Crippen LogP contribution in [-0.4, -0.2) is 35.3 Å². The zero-order valence-electron chi connectivity index (χ0n) is 14.7. The lowest BCUT2D eigenvalue weighted by Gasteiger charge is -2.15. The number of ether oxygens (including phenoxy) is 2. The van der Waals surface area contributed by atoms with Crippen molar-refractivity contribution in [2.24, 2.45) is 0 Å². The van der Waals surface area contributed by atoms with Crippen LogP contribution in [0.25, 0.3) is 11.2 Å². The Morgan fingerprint density at radius 3 is 2.85 bits per heavy atom. The van der Waals surface area contributed by atoms with Gasteiger partial charge in [-0.3, -0.25) is 4.79 Å². The van der Waals surface area contributed by atoms with E-state index < -0.39 is 0 Å². The van der Waals surface area contributed by atoms with Gasteiger partial charge >= 0.3 is 0 Å². The molecule has 0 saturated heterocycles. The number of hydrogen-bond acceptors (Lipinski definition) is 7. The summed E-state index contributed by atoms with van der Waals surface area (Å²) in [4.78, 5) is 21.2. The van der Waals surface area contributed by atoms with E-state index in [1.807, 2.05) is 6.92 Å². The number of methoxy groups -OCH3 is 2. The molecule has 8 heteroatoms. The molecule has 1 N–H and O–H groups in total. The van der Waals surface area contributed by atoms with Gasteiger partial charge in [-0.05, 0) is 30.7 Å². The van der Waals surface area contributed by atoms with Crippen molar-refractivity contribution in [3.05, 3.63) is 36.5 Å². The summed E-state index contributed by atoms with van der Waals surface area (Å²) in [5.74, 6) is 1.02. The van der Waals surface area contributed by atoms with Crippen LogP contribution in [-0.2, 0) is 4.79 Å². The third kappa shape index (κ3) is 3.91. The standard InChI is InChI=1S/C18H19N3O4S/c1-4-15(26-18-21-16-14(25-18)6-5-9-19-16)17(22)20-12-10-11(23-2)7-8-13(12)24-3/h5-10,15H,4H2,1-3H3,(H,20,22)/t15-/m1/s1. The zero-order valence-corrected chi connectivity index (χ0v) is 15.5. The molecular weight excluding hydrogens is 354 g/mol. The molecule has 1 amide bonds. The first-order valence-electron chi connectivity index (χ1n) is 8.05. The lowest BCUT2D eigenvalue weighted by Crippen LogP contribution is -2.24. The normalized spacial score (nSPS) is 12.0. The Morgan fingerprint density at radius 2 is 2.15 bits per heavy atom. The maximum Gasteiger partial charge on any atom is 0.259 e. The second-order valence-corrected chi connectivity index (χ2v) is 6.53. The zero-order chi connectivity index (χ0) is 18.5. The predicted octanol–water partition coefficient (Wildman–Crippen LogP) is 3.75. The summed E-state index contributed by atoms with van der Waals surface area (Å²) in [7, 11) is 3.12. The van der Waals surface area contributed by atoms with Crippen LogP contribution < -0.4 is 14.8 Å². The Morgan fingerprint density at radius 1 is 1.31 bits per heavy atom. The average Bonchev–Trinajstić information content (AvgIpc) is 3.08. The van der Waals surface area contributed by atoms with Crippen molar-refractivity contribution in [3.8, 4) is 11.5 Å². The monoisotopic (exact) mass is 373 g/mol. The summed E-state index contributed by atoms with van der Waals surface area (Å²) in [5.41, 5.74) is 1.68. The van der Waals surface area contributed by atoms with Crippen LogP contribution in [0.15, 0.2) is 46.2 Å². The first-order chi connectivity index (χ1) is 12.6. The fourth-order valence-corrected chi connectivity index (χ4v) is 3.22. The molecule has 136 valence electrons. The number of nitrogens with zero attached hydrogens (tertiary/aromatic N) is 2. The number of benzene rings is 1. The van der Waals surface area contributed by atoms with Crippen LogP contribution in [0.4, 0.5) is 5.69 Å². The van der Waals surface area contributed by atoms with Gasteiger partial charge in [0.15, 0.2) is 11.2 Å². The van der Waals surface area contributed by atoms with Gasteiger partial charge in [-0.25, -0.2) is 4.98 Å². The maximum absolute atomic E-state index is 12.7. The molecule has 7 nitrogen and oxygen atoms in total. The molecule has 3 rings (SSSR count). The molecule has 1 atom stereocenters. The van der Waals surface area contributed by atoms with Gasteiger partial charge in [-0.1, -0.05) is 18.7 Å². The van der Waals surface area contributed by atoms with Crippen LogP contribution in [0.3, 0.4) is 0 Å². The summed E-state index contributed by atoms with van der Waals surface area (Å²) in [6, 6.07) is 8.81. The smallest absolute Gasteiger partial charge is 0.259 e. The molecule has 0 saturated carbocycles. The van der Waals surface area contributed by atoms with Crippen molar-refractivity contribution in [1.29, 1.82) is 0 Å². The number of amides is 1. The molecule has 3 aromatic rings. The van der Waals surface area contributed by atoms with E-state index in [9.17, 15) is 4.79 Å². The highest BCUT2D eigenvalue weighted by Crippen LogP contribution is 2.32. The molecule has 0 aliphatic rings. The van der Waals surface area contributed by atoms with Crippen molar-refractivity contribution >= 4 is 34.6 Å². The number of hydrogen-bond donors (Lipinski definition) is 1. The Bertz CT molecular complexity index is 879.